The van der Waals surface area contributed by atoms with Crippen molar-refractivity contribution in [1.29, 1.82) is 0 Å². The summed E-state index contributed by atoms with van der Waals surface area (Å²) in [5.74, 6) is -2.18. The van der Waals surface area contributed by atoms with Gasteiger partial charge in [-0.3, -0.25) is 14.4 Å². The molecular weight excluding hydrogens is 679 g/mol. The maximum atomic E-state index is 14.5. The highest BCUT2D eigenvalue weighted by molar-refractivity contribution is 5.82. The zero-order valence-corrected chi connectivity index (χ0v) is 31.7. The van der Waals surface area contributed by atoms with Gasteiger partial charge in [0.25, 0.3) is 5.56 Å². The van der Waals surface area contributed by atoms with Gasteiger partial charge in [-0.1, -0.05) is 50.5 Å². The number of rotatable bonds is 11. The predicted molar refractivity (Wildman–Crippen MR) is 201 cm³/mol. The quantitative estimate of drug-likeness (QED) is 0.205. The monoisotopic (exact) mass is 733 g/mol. The molecule has 10 heteroatoms. The Hall–Kier alpha value is -3.92. The largest absolute Gasteiger partial charge is 0.481 e. The van der Waals surface area contributed by atoms with Crippen LogP contribution in [0.1, 0.15) is 134 Å². The lowest BCUT2D eigenvalue weighted by Crippen LogP contribution is -2.42. The lowest BCUT2D eigenvalue weighted by Gasteiger charge is -2.37. The number of aromatic nitrogens is 1. The second-order valence-electron chi connectivity index (χ2n) is 16.3. The van der Waals surface area contributed by atoms with E-state index in [0.717, 1.165) is 65.5 Å². The summed E-state index contributed by atoms with van der Waals surface area (Å²) in [7, 11) is 0. The maximum absolute atomic E-state index is 14.5. The molecule has 0 spiro atoms. The van der Waals surface area contributed by atoms with E-state index < -0.39 is 53.6 Å². The number of carboxylic acids is 1. The smallest absolute Gasteiger partial charge is 0.416 e. The highest BCUT2D eigenvalue weighted by Gasteiger charge is 2.39. The molecule has 6 rings (SSSR count). The SMILES string of the molecule is Cc1cc(C)c(-c2cc([C@H](CC(=O)O)NC(=O)[C@@H](CC(C)C)n3cc(C4CCN(C5CCCC5)CC4)c(C(F)(F)F)cc3=O)cc3c2CCC3)c(C)c1. The van der Waals surface area contributed by atoms with Gasteiger partial charge in [-0.25, -0.2) is 0 Å². The van der Waals surface area contributed by atoms with Crippen LogP contribution in [0.15, 0.2) is 41.3 Å². The average Bonchev–Trinajstić information content (AvgIpc) is 3.79. The third-order valence-electron chi connectivity index (χ3n) is 11.8. The standard InChI is InChI=1S/C43H54F3N3O4/c1-25(2)17-38(49-24-35(36(22-39(49)50)43(44,45)46)29-13-15-48(16-14-29)32-10-6-7-11-32)42(53)47-37(23-40(51)52)31-20-30-9-8-12-33(30)34(21-31)41-27(4)18-26(3)19-28(41)5/h18-22,24-25,29,32,37-38H,6-17,23H2,1-5H3,(H,47,53)(H,51,52)/t37-,38+/m0/s1. The second-order valence-corrected chi connectivity index (χ2v) is 16.3. The van der Waals surface area contributed by atoms with Crippen LogP contribution >= 0.6 is 0 Å². The summed E-state index contributed by atoms with van der Waals surface area (Å²) in [6, 6.07) is 7.36. The summed E-state index contributed by atoms with van der Waals surface area (Å²) < 4.78 is 44.7. The number of nitrogens with zero attached hydrogens (tertiary/aromatic N) is 2. The fourth-order valence-electron chi connectivity index (χ4n) is 9.47. The minimum atomic E-state index is -4.72. The van der Waals surface area contributed by atoms with Crippen molar-refractivity contribution in [3.05, 3.63) is 91.4 Å². The Labute approximate surface area is 311 Å². The molecule has 0 unspecified atom stereocenters. The minimum absolute atomic E-state index is 0.0546. The van der Waals surface area contributed by atoms with Crippen LogP contribution < -0.4 is 10.9 Å². The molecule has 1 aromatic heterocycles. The molecule has 53 heavy (non-hydrogen) atoms. The van der Waals surface area contributed by atoms with Crippen molar-refractivity contribution in [2.75, 3.05) is 13.1 Å². The van der Waals surface area contributed by atoms with Gasteiger partial charge in [0.05, 0.1) is 18.0 Å². The third-order valence-corrected chi connectivity index (χ3v) is 11.8. The van der Waals surface area contributed by atoms with Crippen LogP contribution in [0.25, 0.3) is 11.1 Å². The number of fused-ring (bicyclic) bond motifs is 1. The van der Waals surface area contributed by atoms with Gasteiger partial charge in [-0.2, -0.15) is 13.2 Å². The molecule has 3 aromatic rings. The zero-order valence-electron chi connectivity index (χ0n) is 31.7. The first-order valence-electron chi connectivity index (χ1n) is 19.4. The molecule has 2 aromatic carbocycles. The summed E-state index contributed by atoms with van der Waals surface area (Å²) in [4.78, 5) is 42.7. The molecule has 0 radical (unpaired) electrons. The van der Waals surface area contributed by atoms with Gasteiger partial charge >= 0.3 is 12.1 Å². The lowest BCUT2D eigenvalue weighted by atomic mass is 9.86. The molecule has 2 aliphatic carbocycles. The van der Waals surface area contributed by atoms with E-state index in [2.05, 4.69) is 43.1 Å². The normalized spacial score (nSPS) is 18.4. The van der Waals surface area contributed by atoms with E-state index in [4.69, 9.17) is 0 Å². The lowest BCUT2D eigenvalue weighted by molar-refractivity contribution is -0.139. The first kappa shape index (κ1) is 38.8. The number of benzene rings is 2. The maximum Gasteiger partial charge on any atom is 0.416 e. The van der Waals surface area contributed by atoms with Crippen molar-refractivity contribution < 1.29 is 27.9 Å². The number of hydrogen-bond acceptors (Lipinski definition) is 4. The van der Waals surface area contributed by atoms with Crippen molar-refractivity contribution in [3.63, 3.8) is 0 Å². The first-order valence-corrected chi connectivity index (χ1v) is 19.4. The number of piperidine rings is 1. The molecule has 2 atom stereocenters. The minimum Gasteiger partial charge on any atom is -0.481 e. The molecule has 286 valence electrons. The topological polar surface area (TPSA) is 91.6 Å². The van der Waals surface area contributed by atoms with Crippen LogP contribution in [0.2, 0.25) is 0 Å². The number of halogens is 3. The number of likely N-dealkylation sites (tertiary alicyclic amines) is 1. The Morgan fingerprint density at radius 1 is 0.925 bits per heavy atom. The number of nitrogens with one attached hydrogen (secondary N) is 1. The van der Waals surface area contributed by atoms with E-state index >= 15 is 0 Å². The predicted octanol–water partition coefficient (Wildman–Crippen LogP) is 8.99. The highest BCUT2D eigenvalue weighted by atomic mass is 19.4. The van der Waals surface area contributed by atoms with Crippen molar-refractivity contribution in [2.45, 2.75) is 135 Å². The molecule has 1 aliphatic heterocycles. The van der Waals surface area contributed by atoms with E-state index in [1.54, 1.807) is 0 Å². The molecule has 2 heterocycles. The zero-order chi connectivity index (χ0) is 38.2. The molecule has 2 fully saturated rings. The third kappa shape index (κ3) is 8.58. The molecular formula is C43H54F3N3O4. The Morgan fingerprint density at radius 3 is 2.19 bits per heavy atom. The molecule has 1 saturated heterocycles. The number of carbonyl (C=O) groups is 2. The molecule has 1 saturated carbocycles. The van der Waals surface area contributed by atoms with Crippen molar-refractivity contribution >= 4 is 11.9 Å². The van der Waals surface area contributed by atoms with Crippen LogP contribution in [0.5, 0.6) is 0 Å². The summed E-state index contributed by atoms with van der Waals surface area (Å²) in [5, 5.41) is 13.0. The van der Waals surface area contributed by atoms with Crippen LogP contribution in [0.4, 0.5) is 13.2 Å². The van der Waals surface area contributed by atoms with Crippen molar-refractivity contribution in [1.82, 2.24) is 14.8 Å². The Kier molecular flexibility index (Phi) is 11.6. The molecule has 3 aliphatic rings. The Bertz CT molecular complexity index is 1880. The van der Waals surface area contributed by atoms with Gasteiger partial charge in [-0.15, -0.1) is 0 Å². The Balaban J connectivity index is 1.36. The second kappa shape index (κ2) is 15.8. The number of aliphatic carboxylic acids is 1. The average molecular weight is 734 g/mol. The fourth-order valence-corrected chi connectivity index (χ4v) is 9.47. The summed E-state index contributed by atoms with van der Waals surface area (Å²) in [6.07, 6.45) is 4.77. The van der Waals surface area contributed by atoms with Crippen molar-refractivity contribution in [2.24, 2.45) is 5.92 Å². The van der Waals surface area contributed by atoms with Crippen LogP contribution in [0.3, 0.4) is 0 Å². The van der Waals surface area contributed by atoms with Gasteiger partial charge in [0, 0.05) is 18.3 Å². The number of aryl methyl sites for hydroxylation is 4. The number of carbonyl (C=O) groups excluding carboxylic acids is 1. The number of hydrogen-bond donors (Lipinski definition) is 2. The Morgan fingerprint density at radius 2 is 1.58 bits per heavy atom. The van der Waals surface area contributed by atoms with E-state index in [-0.39, 0.29) is 17.9 Å². The number of pyridine rings is 1. The summed E-state index contributed by atoms with van der Waals surface area (Å²) in [6.45, 7) is 11.4. The van der Waals surface area contributed by atoms with Crippen LogP contribution in [-0.2, 0) is 28.6 Å². The first-order chi connectivity index (χ1) is 25.1. The van der Waals surface area contributed by atoms with Crippen LogP contribution in [-0.4, -0.2) is 45.6 Å². The van der Waals surface area contributed by atoms with Crippen LogP contribution in [0, 0.1) is 26.7 Å². The van der Waals surface area contributed by atoms with Gasteiger partial charge < -0.3 is 19.9 Å². The fraction of sp³-hybridized carbons (Fsp3) is 0.558. The molecule has 2 N–H and O–H groups in total. The number of carboxylic acid groups (broad SMARTS) is 1. The summed E-state index contributed by atoms with van der Waals surface area (Å²) >= 11 is 0. The van der Waals surface area contributed by atoms with Gasteiger partial charge in [0.1, 0.15) is 6.04 Å². The molecule has 0 bridgehead atoms. The van der Waals surface area contributed by atoms with Crippen molar-refractivity contribution in [3.8, 4) is 11.1 Å². The summed E-state index contributed by atoms with van der Waals surface area (Å²) in [5.41, 5.74) is 6.78. The molecule has 1 amide bonds. The molecule has 7 nitrogen and oxygen atoms in total. The van der Waals surface area contributed by atoms with Gasteiger partial charge in [-0.05, 0) is 148 Å². The number of amides is 1. The van der Waals surface area contributed by atoms with Gasteiger partial charge in [0.15, 0.2) is 0 Å². The van der Waals surface area contributed by atoms with E-state index in [0.29, 0.717) is 43.6 Å². The van der Waals surface area contributed by atoms with E-state index in [9.17, 15) is 32.7 Å². The van der Waals surface area contributed by atoms with Gasteiger partial charge in [0.2, 0.25) is 5.91 Å². The number of alkyl halides is 3. The van der Waals surface area contributed by atoms with E-state index in [1.807, 2.05) is 26.0 Å². The highest BCUT2D eigenvalue weighted by Crippen LogP contribution is 2.41. The van der Waals surface area contributed by atoms with E-state index in [1.165, 1.54) is 29.2 Å².